The van der Waals surface area contributed by atoms with Crippen molar-refractivity contribution in [1.29, 1.82) is 0 Å². The Kier molecular flexibility index (Phi) is 7.97. The second-order valence-corrected chi connectivity index (χ2v) is 7.01. The maximum atomic E-state index is 12.5. The third-order valence-corrected chi connectivity index (χ3v) is 5.15. The van der Waals surface area contributed by atoms with Gasteiger partial charge in [-0.15, -0.1) is 11.8 Å². The molecule has 1 aromatic rings. The van der Waals surface area contributed by atoms with E-state index in [1.807, 2.05) is 13.8 Å². The zero-order chi connectivity index (χ0) is 19.8. The molecular weight excluding hydrogens is 368 g/mol. The number of rotatable bonds is 5. The lowest BCUT2D eigenvalue weighted by Gasteiger charge is -2.32. The minimum atomic E-state index is -0.859. The van der Waals surface area contributed by atoms with Crippen molar-refractivity contribution in [2.75, 3.05) is 42.6 Å². The van der Waals surface area contributed by atoms with Gasteiger partial charge in [0.2, 0.25) is 0 Å². The Balaban J connectivity index is 0.000000596. The van der Waals surface area contributed by atoms with Crippen molar-refractivity contribution in [1.82, 2.24) is 19.8 Å². The van der Waals surface area contributed by atoms with Crippen molar-refractivity contribution in [2.45, 2.75) is 31.7 Å². The molecule has 3 rings (SSSR count). The molecule has 0 radical (unpaired) electrons. The van der Waals surface area contributed by atoms with Gasteiger partial charge in [0.1, 0.15) is 5.69 Å². The number of carboxylic acids is 1. The highest BCUT2D eigenvalue weighted by Gasteiger charge is 2.30. The molecule has 1 saturated heterocycles. The Morgan fingerprint density at radius 1 is 1.30 bits per heavy atom. The van der Waals surface area contributed by atoms with Crippen molar-refractivity contribution in [3.63, 3.8) is 0 Å². The molecule has 1 atom stereocenters. The van der Waals surface area contributed by atoms with Gasteiger partial charge in [0.25, 0.3) is 5.56 Å². The zero-order valence-corrected chi connectivity index (χ0v) is 16.7. The Labute approximate surface area is 162 Å². The summed E-state index contributed by atoms with van der Waals surface area (Å²) in [5.41, 5.74) is 0.316. The van der Waals surface area contributed by atoms with Crippen LogP contribution in [-0.2, 0) is 11.8 Å². The number of hydrogen-bond acceptors (Lipinski definition) is 8. The van der Waals surface area contributed by atoms with Gasteiger partial charge in [0.15, 0.2) is 17.3 Å². The number of aliphatic carboxylic acids is 1. The van der Waals surface area contributed by atoms with Crippen LogP contribution in [0.3, 0.4) is 0 Å². The normalized spacial score (nSPS) is 18.1. The molecule has 0 aliphatic carbocycles. The first kappa shape index (κ1) is 21.1. The maximum absolute atomic E-state index is 12.5. The van der Waals surface area contributed by atoms with Gasteiger partial charge in [-0.3, -0.25) is 19.1 Å². The average Bonchev–Trinajstić information content (AvgIpc) is 3.10. The van der Waals surface area contributed by atoms with Crippen molar-refractivity contribution >= 4 is 29.2 Å². The highest BCUT2D eigenvalue weighted by Crippen LogP contribution is 2.27. The number of fused-ring (bicyclic) bond motifs is 1. The Morgan fingerprint density at radius 2 is 1.96 bits per heavy atom. The van der Waals surface area contributed by atoms with Gasteiger partial charge in [-0.05, 0) is 13.8 Å². The summed E-state index contributed by atoms with van der Waals surface area (Å²) in [6.07, 6.45) is -0.0984. The Hall–Kier alpha value is -2.22. The molecule has 1 unspecified atom stereocenters. The topological polar surface area (TPSA) is 112 Å². The Morgan fingerprint density at radius 3 is 2.56 bits per heavy atom. The zero-order valence-electron chi connectivity index (χ0n) is 15.8. The van der Waals surface area contributed by atoms with Gasteiger partial charge >= 0.3 is 5.97 Å². The average molecular weight is 395 g/mol. The second-order valence-electron chi connectivity index (χ2n) is 5.95. The molecule has 2 aliphatic rings. The summed E-state index contributed by atoms with van der Waals surface area (Å²) in [5.74, 6) is 5.42. The first-order valence-electron chi connectivity index (χ1n) is 8.74. The fourth-order valence-corrected chi connectivity index (χ4v) is 3.49. The van der Waals surface area contributed by atoms with Crippen LogP contribution in [0.5, 0.6) is 0 Å². The fourth-order valence-electron chi connectivity index (χ4n) is 2.60. The molecular formula is C17H26N6O3S. The molecule has 4 N–H and O–H groups in total. The van der Waals surface area contributed by atoms with Crippen LogP contribution < -0.4 is 21.5 Å². The van der Waals surface area contributed by atoms with Gasteiger partial charge in [-0.25, -0.2) is 4.98 Å². The smallest absolute Gasteiger partial charge is 0.304 e. The first-order chi connectivity index (χ1) is 13.0. The molecule has 9 nitrogen and oxygen atoms in total. The number of carbonyl (C=O) groups is 1. The number of carboxylic acid groups (broad SMARTS) is 1. The van der Waals surface area contributed by atoms with E-state index in [0.717, 1.165) is 26.2 Å². The van der Waals surface area contributed by atoms with Crippen molar-refractivity contribution in [3.8, 4) is 11.8 Å². The first-order valence-corrected chi connectivity index (χ1v) is 9.73. The molecule has 148 valence electrons. The quantitative estimate of drug-likeness (QED) is 0.320. The van der Waals surface area contributed by atoms with Gasteiger partial charge in [0.05, 0.1) is 6.42 Å². The standard InChI is InChI=1S/C13H20N6O3S.C4H6/c1-18-11(22)9-10(17-13(18)23-7-2-8(20)21)16-12(15-9)19-5-3-14-4-6-19;1-3-4-2/h12,14-16H,2-7H2,1H3,(H,20,21);1-2H3. The molecule has 10 heteroatoms. The lowest BCUT2D eigenvalue weighted by atomic mass is 10.4. The molecule has 0 bridgehead atoms. The molecule has 0 spiro atoms. The van der Waals surface area contributed by atoms with Crippen LogP contribution in [-0.4, -0.2) is 63.7 Å². The highest BCUT2D eigenvalue weighted by molar-refractivity contribution is 7.99. The third-order valence-electron chi connectivity index (χ3n) is 4.12. The SMILES string of the molecule is CC#CC.Cn1c(SCCC(=O)O)nc2c(c1=O)NC(N1CCNCC1)N2. The van der Waals surface area contributed by atoms with Crippen molar-refractivity contribution in [3.05, 3.63) is 10.4 Å². The summed E-state index contributed by atoms with van der Waals surface area (Å²) in [6.45, 7) is 7.24. The molecule has 3 heterocycles. The molecule has 0 saturated carbocycles. The second kappa shape index (κ2) is 10.2. The summed E-state index contributed by atoms with van der Waals surface area (Å²) in [5, 5.41) is 19.0. The summed E-state index contributed by atoms with van der Waals surface area (Å²) in [6, 6.07) is 0. The third kappa shape index (κ3) is 5.63. The largest absolute Gasteiger partial charge is 0.481 e. The van der Waals surface area contributed by atoms with Crippen LogP contribution in [0.4, 0.5) is 11.5 Å². The summed E-state index contributed by atoms with van der Waals surface area (Å²) in [7, 11) is 1.65. The van der Waals surface area contributed by atoms with Gasteiger partial charge < -0.3 is 21.1 Å². The van der Waals surface area contributed by atoms with E-state index in [9.17, 15) is 9.59 Å². The molecule has 1 fully saturated rings. The van der Waals surface area contributed by atoms with Crippen LogP contribution in [0.1, 0.15) is 20.3 Å². The number of hydrogen-bond donors (Lipinski definition) is 4. The van der Waals surface area contributed by atoms with E-state index in [1.165, 1.54) is 16.3 Å². The molecule has 2 aliphatic heterocycles. The van der Waals surface area contributed by atoms with Gasteiger partial charge in [-0.2, -0.15) is 0 Å². The minimum Gasteiger partial charge on any atom is -0.481 e. The van der Waals surface area contributed by atoms with Crippen LogP contribution >= 0.6 is 11.8 Å². The minimum absolute atomic E-state index is 0.0344. The summed E-state index contributed by atoms with van der Waals surface area (Å²) >= 11 is 1.27. The van der Waals surface area contributed by atoms with E-state index < -0.39 is 5.97 Å². The number of aromatic nitrogens is 2. The van der Waals surface area contributed by atoms with Gasteiger partial charge in [0, 0.05) is 39.0 Å². The van der Waals surface area contributed by atoms with Crippen molar-refractivity contribution < 1.29 is 9.90 Å². The van der Waals surface area contributed by atoms with E-state index in [-0.39, 0.29) is 18.3 Å². The lowest BCUT2D eigenvalue weighted by molar-refractivity contribution is -0.136. The number of anilines is 2. The number of piperazine rings is 1. The van der Waals surface area contributed by atoms with Gasteiger partial charge in [-0.1, -0.05) is 11.8 Å². The molecule has 0 amide bonds. The fraction of sp³-hybridized carbons (Fsp3) is 0.588. The summed E-state index contributed by atoms with van der Waals surface area (Å²) in [4.78, 5) is 29.8. The van der Waals surface area contributed by atoms with Crippen LogP contribution in [0.25, 0.3) is 0 Å². The number of thioether (sulfide) groups is 1. The predicted octanol–water partition coefficient (Wildman–Crippen LogP) is 0.403. The highest BCUT2D eigenvalue weighted by atomic mass is 32.2. The van der Waals surface area contributed by atoms with E-state index >= 15 is 0 Å². The van der Waals surface area contributed by atoms with E-state index in [4.69, 9.17) is 5.11 Å². The van der Waals surface area contributed by atoms with E-state index in [2.05, 4.69) is 37.7 Å². The monoisotopic (exact) mass is 394 g/mol. The molecule has 1 aromatic heterocycles. The van der Waals surface area contributed by atoms with Crippen LogP contribution in [0.2, 0.25) is 0 Å². The van der Waals surface area contributed by atoms with Crippen molar-refractivity contribution in [2.24, 2.45) is 7.05 Å². The number of nitrogens with one attached hydrogen (secondary N) is 3. The van der Waals surface area contributed by atoms with E-state index in [0.29, 0.717) is 22.4 Å². The lowest BCUT2D eigenvalue weighted by Crippen LogP contribution is -2.52. The predicted molar refractivity (Wildman–Crippen MR) is 107 cm³/mol. The van der Waals surface area contributed by atoms with Crippen LogP contribution in [0.15, 0.2) is 9.95 Å². The molecule has 27 heavy (non-hydrogen) atoms. The number of nitrogens with zero attached hydrogens (tertiary/aromatic N) is 3. The Bertz CT molecular complexity index is 773. The maximum Gasteiger partial charge on any atom is 0.304 e. The van der Waals surface area contributed by atoms with E-state index in [1.54, 1.807) is 7.05 Å². The summed E-state index contributed by atoms with van der Waals surface area (Å²) < 4.78 is 1.46. The molecule has 0 aromatic carbocycles. The van der Waals surface area contributed by atoms with Crippen LogP contribution in [0, 0.1) is 11.8 Å².